The van der Waals surface area contributed by atoms with Gasteiger partial charge in [0.05, 0.1) is 9.90 Å². The molecule has 0 bridgehead atoms. The van der Waals surface area contributed by atoms with Crippen LogP contribution in [-0.4, -0.2) is 43.2 Å². The first kappa shape index (κ1) is 21.9. The van der Waals surface area contributed by atoms with Crippen molar-refractivity contribution >= 4 is 27.3 Å². The number of carbonyl (C=O) groups is 1. The van der Waals surface area contributed by atoms with E-state index >= 15 is 0 Å². The van der Waals surface area contributed by atoms with Crippen molar-refractivity contribution in [2.24, 2.45) is 5.92 Å². The van der Waals surface area contributed by atoms with Gasteiger partial charge >= 0.3 is 0 Å². The quantitative estimate of drug-likeness (QED) is 0.642. The Morgan fingerprint density at radius 1 is 1.21 bits per heavy atom. The summed E-state index contributed by atoms with van der Waals surface area (Å²) in [5, 5.41) is 6.08. The molecule has 8 heteroatoms. The van der Waals surface area contributed by atoms with Crippen molar-refractivity contribution < 1.29 is 13.2 Å². The first-order chi connectivity index (χ1) is 13.9. The van der Waals surface area contributed by atoms with E-state index in [-0.39, 0.29) is 10.8 Å². The highest BCUT2D eigenvalue weighted by molar-refractivity contribution is 7.89. The Bertz CT molecular complexity index is 915. The fourth-order valence-corrected chi connectivity index (χ4v) is 5.66. The molecule has 0 atom stereocenters. The number of hydrogen-bond acceptors (Lipinski definition) is 5. The summed E-state index contributed by atoms with van der Waals surface area (Å²) in [7, 11) is -3.48. The molecular formula is C21H29N3O3S2. The highest BCUT2D eigenvalue weighted by Crippen LogP contribution is 2.23. The Morgan fingerprint density at radius 2 is 1.90 bits per heavy atom. The Kier molecular flexibility index (Phi) is 7.43. The average Bonchev–Trinajstić information content (AvgIpc) is 3.13. The van der Waals surface area contributed by atoms with Gasteiger partial charge in [-0.2, -0.15) is 4.31 Å². The van der Waals surface area contributed by atoms with E-state index in [1.165, 1.54) is 12.1 Å². The minimum atomic E-state index is -3.48. The zero-order valence-corrected chi connectivity index (χ0v) is 18.7. The maximum Gasteiger partial charge on any atom is 0.251 e. The van der Waals surface area contributed by atoms with Crippen molar-refractivity contribution in [1.29, 1.82) is 0 Å². The molecule has 1 N–H and O–H groups in total. The summed E-state index contributed by atoms with van der Waals surface area (Å²) in [5.74, 6) is 0.393. The van der Waals surface area contributed by atoms with Crippen LogP contribution in [0.15, 0.2) is 34.5 Å². The molecule has 158 valence electrons. The van der Waals surface area contributed by atoms with Gasteiger partial charge in [-0.25, -0.2) is 13.4 Å². The molecule has 1 aliphatic heterocycles. The van der Waals surface area contributed by atoms with E-state index in [0.717, 1.165) is 42.8 Å². The number of unbranched alkanes of at least 4 members (excludes halogenated alkanes) is 1. The third-order valence-corrected chi connectivity index (χ3v) is 8.21. The molecule has 29 heavy (non-hydrogen) atoms. The molecule has 3 rings (SSSR count). The number of piperidine rings is 1. The SMILES string of the molecule is Cc1csc(CCCCNC(=O)c2ccc(S(=O)(=O)N3CCC(C)CC3)cc2)n1. The molecule has 2 aromatic rings. The molecule has 1 saturated heterocycles. The molecule has 1 aromatic carbocycles. The predicted octanol–water partition coefficient (Wildman–Crippen LogP) is 3.62. The lowest BCUT2D eigenvalue weighted by Gasteiger charge is -2.29. The molecule has 0 aliphatic carbocycles. The molecule has 1 amide bonds. The van der Waals surface area contributed by atoms with Crippen LogP contribution in [0.25, 0.3) is 0 Å². The lowest BCUT2D eigenvalue weighted by atomic mass is 10.0. The molecule has 0 spiro atoms. The van der Waals surface area contributed by atoms with E-state index in [0.29, 0.717) is 31.1 Å². The van der Waals surface area contributed by atoms with Crippen LogP contribution in [0.1, 0.15) is 53.7 Å². The van der Waals surface area contributed by atoms with Crippen LogP contribution in [0, 0.1) is 12.8 Å². The van der Waals surface area contributed by atoms with E-state index in [9.17, 15) is 13.2 Å². The largest absolute Gasteiger partial charge is 0.352 e. The van der Waals surface area contributed by atoms with Crippen molar-refractivity contribution in [1.82, 2.24) is 14.6 Å². The average molecular weight is 436 g/mol. The zero-order chi connectivity index (χ0) is 20.9. The Labute approximate surface area is 177 Å². The minimum Gasteiger partial charge on any atom is -0.352 e. The maximum atomic E-state index is 12.8. The van der Waals surface area contributed by atoms with Gasteiger partial charge in [0.2, 0.25) is 10.0 Å². The van der Waals surface area contributed by atoms with Crippen molar-refractivity contribution in [2.45, 2.75) is 50.8 Å². The fourth-order valence-electron chi connectivity index (χ4n) is 3.38. The number of nitrogens with zero attached hydrogens (tertiary/aromatic N) is 2. The fraction of sp³-hybridized carbons (Fsp3) is 0.524. The number of amides is 1. The molecule has 0 saturated carbocycles. The van der Waals surface area contributed by atoms with E-state index in [4.69, 9.17) is 0 Å². The number of aromatic nitrogens is 1. The predicted molar refractivity (Wildman–Crippen MR) is 116 cm³/mol. The monoisotopic (exact) mass is 435 g/mol. The molecule has 1 aromatic heterocycles. The van der Waals surface area contributed by atoms with Gasteiger partial charge in [-0.15, -0.1) is 11.3 Å². The lowest BCUT2D eigenvalue weighted by Crippen LogP contribution is -2.37. The highest BCUT2D eigenvalue weighted by Gasteiger charge is 2.28. The van der Waals surface area contributed by atoms with Crippen molar-refractivity contribution in [3.8, 4) is 0 Å². The van der Waals surface area contributed by atoms with E-state index in [2.05, 4.69) is 17.2 Å². The first-order valence-corrected chi connectivity index (χ1v) is 12.5. The second-order valence-corrected chi connectivity index (χ2v) is 10.6. The van der Waals surface area contributed by atoms with E-state index in [1.54, 1.807) is 27.8 Å². The summed E-state index contributed by atoms with van der Waals surface area (Å²) in [6, 6.07) is 6.25. The van der Waals surface area contributed by atoms with Gasteiger partial charge in [0.25, 0.3) is 5.91 Å². The third-order valence-electron chi connectivity index (χ3n) is 5.27. The Morgan fingerprint density at radius 3 is 2.52 bits per heavy atom. The Balaban J connectivity index is 1.47. The van der Waals surface area contributed by atoms with Crippen LogP contribution < -0.4 is 5.32 Å². The van der Waals surface area contributed by atoms with Gasteiger partial charge < -0.3 is 5.32 Å². The number of aryl methyl sites for hydroxylation is 2. The van der Waals surface area contributed by atoms with Crippen molar-refractivity contribution in [3.05, 3.63) is 45.9 Å². The number of hydrogen-bond donors (Lipinski definition) is 1. The van der Waals surface area contributed by atoms with Crippen LogP contribution in [0.5, 0.6) is 0 Å². The molecule has 1 aliphatic rings. The number of nitrogens with one attached hydrogen (secondary N) is 1. The highest BCUT2D eigenvalue weighted by atomic mass is 32.2. The normalized spacial score (nSPS) is 16.1. The molecule has 0 radical (unpaired) electrons. The van der Waals surface area contributed by atoms with Crippen molar-refractivity contribution in [2.75, 3.05) is 19.6 Å². The summed E-state index contributed by atoms with van der Waals surface area (Å²) in [5.41, 5.74) is 1.53. The summed E-state index contributed by atoms with van der Waals surface area (Å²) in [6.07, 6.45) is 4.56. The molecular weight excluding hydrogens is 406 g/mol. The van der Waals surface area contributed by atoms with E-state index in [1.807, 2.05) is 12.3 Å². The van der Waals surface area contributed by atoms with Crippen LogP contribution >= 0.6 is 11.3 Å². The second kappa shape index (κ2) is 9.82. The first-order valence-electron chi connectivity index (χ1n) is 10.2. The summed E-state index contributed by atoms with van der Waals surface area (Å²) < 4.78 is 27.1. The van der Waals surface area contributed by atoms with Gasteiger partial charge in [0.1, 0.15) is 0 Å². The number of rotatable bonds is 8. The van der Waals surface area contributed by atoms with Gasteiger partial charge in [0.15, 0.2) is 0 Å². The maximum absolute atomic E-state index is 12.8. The zero-order valence-electron chi connectivity index (χ0n) is 17.1. The van der Waals surface area contributed by atoms with Crippen LogP contribution in [0.3, 0.4) is 0 Å². The topological polar surface area (TPSA) is 79.4 Å². The van der Waals surface area contributed by atoms with Gasteiger partial charge in [-0.3, -0.25) is 4.79 Å². The molecule has 1 fully saturated rings. The summed E-state index contributed by atoms with van der Waals surface area (Å²) >= 11 is 1.67. The smallest absolute Gasteiger partial charge is 0.251 e. The van der Waals surface area contributed by atoms with Crippen molar-refractivity contribution in [3.63, 3.8) is 0 Å². The van der Waals surface area contributed by atoms with Gasteiger partial charge in [-0.05, 0) is 69.2 Å². The van der Waals surface area contributed by atoms with Crippen LogP contribution in [0.4, 0.5) is 0 Å². The number of thiazole rings is 1. The van der Waals surface area contributed by atoms with E-state index < -0.39 is 10.0 Å². The third kappa shape index (κ3) is 5.87. The molecule has 6 nitrogen and oxygen atoms in total. The molecule has 2 heterocycles. The Hall–Kier alpha value is -1.77. The van der Waals surface area contributed by atoms with Gasteiger partial charge in [-0.1, -0.05) is 6.92 Å². The lowest BCUT2D eigenvalue weighted by molar-refractivity contribution is 0.0953. The summed E-state index contributed by atoms with van der Waals surface area (Å²) in [6.45, 7) is 5.86. The number of benzene rings is 1. The summed E-state index contributed by atoms with van der Waals surface area (Å²) in [4.78, 5) is 17.0. The standard InChI is InChI=1S/C21H29N3O3S2/c1-16-10-13-24(14-11-16)29(26,27)19-8-6-18(7-9-19)21(25)22-12-4-3-5-20-23-17(2)15-28-20/h6-9,15-16H,3-5,10-14H2,1-2H3,(H,22,25). The number of carbonyl (C=O) groups excluding carboxylic acids is 1. The van der Waals surface area contributed by atoms with Crippen LogP contribution in [0.2, 0.25) is 0 Å². The molecule has 0 unspecified atom stereocenters. The van der Waals surface area contributed by atoms with Gasteiger partial charge in [0, 0.05) is 36.3 Å². The second-order valence-electron chi connectivity index (χ2n) is 7.71. The minimum absolute atomic E-state index is 0.175. The number of sulfonamides is 1. The van der Waals surface area contributed by atoms with Crippen LogP contribution in [-0.2, 0) is 16.4 Å².